The van der Waals surface area contributed by atoms with Gasteiger partial charge in [0.2, 0.25) is 11.8 Å². The molecule has 20 heavy (non-hydrogen) atoms. The number of rotatable bonds is 3. The highest BCUT2D eigenvalue weighted by molar-refractivity contribution is 6.27. The van der Waals surface area contributed by atoms with E-state index < -0.39 is 12.0 Å². The highest BCUT2D eigenvalue weighted by Crippen LogP contribution is 2.29. The average Bonchev–Trinajstić information content (AvgIpc) is 2.47. The van der Waals surface area contributed by atoms with Crippen molar-refractivity contribution in [2.45, 2.75) is 50.2 Å². The number of methoxy groups -OCH3 is 1. The Morgan fingerprint density at radius 3 is 2.75 bits per heavy atom. The fourth-order valence-corrected chi connectivity index (χ4v) is 3.25. The van der Waals surface area contributed by atoms with Crippen LogP contribution >= 0.6 is 11.6 Å². The molecule has 1 aliphatic carbocycles. The Balaban J connectivity index is 2.24. The fraction of sp³-hybridized carbons (Fsp3) is 0.769. The van der Waals surface area contributed by atoms with Crippen LogP contribution in [0.15, 0.2) is 0 Å². The van der Waals surface area contributed by atoms with Crippen molar-refractivity contribution in [3.8, 4) is 0 Å². The van der Waals surface area contributed by atoms with E-state index in [9.17, 15) is 14.4 Å². The van der Waals surface area contributed by atoms with E-state index in [2.05, 4.69) is 10.1 Å². The second-order valence-electron chi connectivity index (χ2n) is 5.20. The molecule has 0 unspecified atom stereocenters. The summed E-state index contributed by atoms with van der Waals surface area (Å²) in [5.41, 5.74) is 0. The summed E-state index contributed by atoms with van der Waals surface area (Å²) in [6.07, 6.45) is 3.59. The van der Waals surface area contributed by atoms with Crippen LogP contribution < -0.4 is 5.32 Å². The van der Waals surface area contributed by atoms with E-state index >= 15 is 0 Å². The van der Waals surface area contributed by atoms with Crippen molar-refractivity contribution in [2.75, 3.05) is 13.0 Å². The summed E-state index contributed by atoms with van der Waals surface area (Å²) in [6.45, 7) is 0. The predicted octanol–water partition coefficient (Wildman–Crippen LogP) is 0.426. The highest BCUT2D eigenvalue weighted by Gasteiger charge is 2.45. The van der Waals surface area contributed by atoms with Crippen molar-refractivity contribution < 1.29 is 19.1 Å². The van der Waals surface area contributed by atoms with Gasteiger partial charge in [-0.3, -0.25) is 14.4 Å². The molecule has 3 atom stereocenters. The third kappa shape index (κ3) is 2.90. The maximum absolute atomic E-state index is 12.2. The number of carbonyl (C=O) groups is 3. The first-order chi connectivity index (χ1) is 9.58. The molecule has 1 saturated heterocycles. The van der Waals surface area contributed by atoms with E-state index in [-0.39, 0.29) is 36.2 Å². The monoisotopic (exact) mass is 302 g/mol. The van der Waals surface area contributed by atoms with Gasteiger partial charge in [0, 0.05) is 6.04 Å². The second-order valence-corrected chi connectivity index (χ2v) is 5.46. The van der Waals surface area contributed by atoms with Crippen molar-refractivity contribution in [3.05, 3.63) is 0 Å². The van der Waals surface area contributed by atoms with Crippen molar-refractivity contribution in [1.82, 2.24) is 10.2 Å². The van der Waals surface area contributed by atoms with Crippen molar-refractivity contribution >= 4 is 29.4 Å². The summed E-state index contributed by atoms with van der Waals surface area (Å²) in [4.78, 5) is 37.3. The molecule has 0 spiro atoms. The van der Waals surface area contributed by atoms with Crippen LogP contribution in [0.5, 0.6) is 0 Å². The summed E-state index contributed by atoms with van der Waals surface area (Å²) in [6, 6.07) is -0.910. The minimum atomic E-state index is -0.812. The minimum absolute atomic E-state index is 0.0303. The lowest BCUT2D eigenvalue weighted by Gasteiger charge is -2.47. The quantitative estimate of drug-likeness (QED) is 0.606. The highest BCUT2D eigenvalue weighted by atomic mass is 35.5. The number of esters is 1. The molecule has 2 amide bonds. The smallest absolute Gasteiger partial charge is 0.308 e. The van der Waals surface area contributed by atoms with Crippen LogP contribution in [0.2, 0.25) is 0 Å². The Labute approximate surface area is 122 Å². The number of fused-ring (bicyclic) bond motifs is 1. The van der Waals surface area contributed by atoms with Gasteiger partial charge in [-0.2, -0.15) is 0 Å². The molecule has 2 rings (SSSR count). The molecule has 0 radical (unpaired) electrons. The predicted molar refractivity (Wildman–Crippen MR) is 72.2 cm³/mol. The fourth-order valence-electron chi connectivity index (χ4n) is 3.11. The third-order valence-electron chi connectivity index (χ3n) is 4.04. The van der Waals surface area contributed by atoms with E-state index in [4.69, 9.17) is 11.6 Å². The van der Waals surface area contributed by atoms with Gasteiger partial charge in [0.25, 0.3) is 0 Å². The number of nitrogens with zero attached hydrogens (tertiary/aromatic N) is 1. The van der Waals surface area contributed by atoms with Gasteiger partial charge < -0.3 is 15.0 Å². The summed E-state index contributed by atoms with van der Waals surface area (Å²) in [5.74, 6) is -1.29. The number of amides is 2. The van der Waals surface area contributed by atoms with Crippen LogP contribution in [0.3, 0.4) is 0 Å². The van der Waals surface area contributed by atoms with Gasteiger partial charge in [0.1, 0.15) is 11.9 Å². The van der Waals surface area contributed by atoms with Crippen LogP contribution in [-0.4, -0.2) is 53.8 Å². The third-order valence-corrected chi connectivity index (χ3v) is 4.27. The lowest BCUT2D eigenvalue weighted by molar-refractivity contribution is -0.154. The van der Waals surface area contributed by atoms with E-state index in [0.717, 1.165) is 25.7 Å². The van der Waals surface area contributed by atoms with Crippen LogP contribution in [0.25, 0.3) is 0 Å². The molecule has 0 aromatic rings. The van der Waals surface area contributed by atoms with E-state index in [1.807, 2.05) is 0 Å². The van der Waals surface area contributed by atoms with Gasteiger partial charge in [0.15, 0.2) is 0 Å². The Kier molecular flexibility index (Phi) is 4.86. The minimum Gasteiger partial charge on any atom is -0.469 e. The maximum Gasteiger partial charge on any atom is 0.308 e. The topological polar surface area (TPSA) is 75.7 Å². The molecular weight excluding hydrogens is 284 g/mol. The lowest BCUT2D eigenvalue weighted by atomic mass is 9.85. The summed E-state index contributed by atoms with van der Waals surface area (Å²) in [7, 11) is 1.26. The average molecular weight is 303 g/mol. The maximum atomic E-state index is 12.2. The van der Waals surface area contributed by atoms with Gasteiger partial charge in [0.05, 0.1) is 19.6 Å². The Hall–Kier alpha value is -1.30. The summed E-state index contributed by atoms with van der Waals surface area (Å²) in [5, 5.41) is 2.92. The first kappa shape index (κ1) is 15.1. The molecule has 0 aromatic heterocycles. The van der Waals surface area contributed by atoms with Crippen LogP contribution in [0.1, 0.15) is 32.1 Å². The molecule has 1 aliphatic heterocycles. The van der Waals surface area contributed by atoms with Gasteiger partial charge >= 0.3 is 5.97 Å². The summed E-state index contributed by atoms with van der Waals surface area (Å²) < 4.78 is 4.61. The zero-order valence-corrected chi connectivity index (χ0v) is 12.2. The van der Waals surface area contributed by atoms with Crippen LogP contribution in [-0.2, 0) is 19.1 Å². The molecule has 0 aromatic carbocycles. The van der Waals surface area contributed by atoms with Crippen molar-refractivity contribution in [1.29, 1.82) is 0 Å². The molecule has 1 N–H and O–H groups in total. The van der Waals surface area contributed by atoms with Gasteiger partial charge in [-0.15, -0.1) is 11.6 Å². The summed E-state index contributed by atoms with van der Waals surface area (Å²) >= 11 is 5.66. The van der Waals surface area contributed by atoms with E-state index in [1.165, 1.54) is 12.0 Å². The zero-order chi connectivity index (χ0) is 14.7. The SMILES string of the molecule is COC(=O)C[C@@H]1C(=O)N[C@H]2CCCC[C@H]2N1C(=O)CCl. The van der Waals surface area contributed by atoms with Crippen LogP contribution in [0.4, 0.5) is 0 Å². The molecule has 6 nitrogen and oxygen atoms in total. The largest absolute Gasteiger partial charge is 0.469 e. The first-order valence-corrected chi connectivity index (χ1v) is 7.36. The van der Waals surface area contributed by atoms with E-state index in [1.54, 1.807) is 0 Å². The number of halogens is 1. The Morgan fingerprint density at radius 2 is 2.10 bits per heavy atom. The molecule has 2 aliphatic rings. The Bertz CT molecular complexity index is 415. The number of hydrogen-bond acceptors (Lipinski definition) is 4. The van der Waals surface area contributed by atoms with Gasteiger partial charge in [-0.05, 0) is 12.8 Å². The molecular formula is C13H19ClN2O4. The first-order valence-electron chi connectivity index (χ1n) is 6.82. The molecule has 0 bridgehead atoms. The number of alkyl halides is 1. The standard InChI is InChI=1S/C13H19ClN2O4/c1-20-12(18)6-10-13(19)15-8-4-2-3-5-9(8)16(10)11(17)7-14/h8-10H,2-7H2,1H3,(H,15,19)/t8-,9+,10+/m0/s1. The van der Waals surface area contributed by atoms with Crippen molar-refractivity contribution in [3.63, 3.8) is 0 Å². The molecule has 2 fully saturated rings. The number of ether oxygens (including phenoxy) is 1. The van der Waals surface area contributed by atoms with Crippen LogP contribution in [0, 0.1) is 0 Å². The second kappa shape index (κ2) is 6.43. The van der Waals surface area contributed by atoms with Gasteiger partial charge in [-0.25, -0.2) is 0 Å². The Morgan fingerprint density at radius 1 is 1.40 bits per heavy atom. The normalized spacial score (nSPS) is 29.4. The molecule has 112 valence electrons. The van der Waals surface area contributed by atoms with Crippen molar-refractivity contribution in [2.24, 2.45) is 0 Å². The number of hydrogen-bond donors (Lipinski definition) is 1. The number of nitrogens with one attached hydrogen (secondary N) is 1. The lowest BCUT2D eigenvalue weighted by Crippen LogP contribution is -2.68. The zero-order valence-electron chi connectivity index (χ0n) is 11.4. The molecule has 1 saturated carbocycles. The van der Waals surface area contributed by atoms with Gasteiger partial charge in [-0.1, -0.05) is 12.8 Å². The number of piperazine rings is 1. The number of carbonyl (C=O) groups excluding carboxylic acids is 3. The molecule has 7 heteroatoms. The molecule has 1 heterocycles. The van der Waals surface area contributed by atoms with E-state index in [0.29, 0.717) is 0 Å².